The fraction of sp³-hybridized carbons (Fsp3) is 0.318. The second kappa shape index (κ2) is 8.58. The predicted octanol–water partition coefficient (Wildman–Crippen LogP) is 3.59. The lowest BCUT2D eigenvalue weighted by Crippen LogP contribution is -2.43. The molecule has 1 aliphatic carbocycles. The van der Waals surface area contributed by atoms with E-state index in [9.17, 15) is 22.4 Å². The van der Waals surface area contributed by atoms with Crippen molar-refractivity contribution in [2.24, 2.45) is 10.9 Å². The number of hydrogen-bond acceptors (Lipinski definition) is 5. The Bertz CT molecular complexity index is 1160. The Morgan fingerprint density at radius 1 is 1.06 bits per heavy atom. The highest BCUT2D eigenvalue weighted by Gasteiger charge is 2.33. The van der Waals surface area contributed by atoms with Gasteiger partial charge in [0.25, 0.3) is 10.0 Å². The number of benzene rings is 2. The predicted molar refractivity (Wildman–Crippen MR) is 115 cm³/mol. The zero-order valence-corrected chi connectivity index (χ0v) is 17.5. The highest BCUT2D eigenvalue weighted by atomic mass is 32.2. The Balaban J connectivity index is 1.56. The molecule has 0 aromatic heterocycles. The molecule has 1 amide bonds. The van der Waals surface area contributed by atoms with Crippen LogP contribution < -0.4 is 10.0 Å². The topological polar surface area (TPSA) is 105 Å². The van der Waals surface area contributed by atoms with E-state index in [0.29, 0.717) is 0 Å². The summed E-state index contributed by atoms with van der Waals surface area (Å²) in [5.74, 6) is -2.76. The number of ketones is 1. The number of carbonyl (C=O) groups is 2. The molecule has 1 heterocycles. The largest absolute Gasteiger partial charge is 0.352 e. The third kappa shape index (κ3) is 4.51. The molecule has 2 aromatic rings. The molecule has 2 aliphatic rings. The summed E-state index contributed by atoms with van der Waals surface area (Å²) in [6.07, 6.45) is 6.28. The van der Waals surface area contributed by atoms with E-state index in [1.807, 2.05) is 0 Å². The minimum Gasteiger partial charge on any atom is -0.352 e. The van der Waals surface area contributed by atoms with Gasteiger partial charge in [0, 0.05) is 17.8 Å². The van der Waals surface area contributed by atoms with Gasteiger partial charge in [0.1, 0.15) is 11.7 Å². The van der Waals surface area contributed by atoms with Gasteiger partial charge in [-0.15, -0.1) is 0 Å². The van der Waals surface area contributed by atoms with Crippen LogP contribution in [-0.4, -0.2) is 32.4 Å². The summed E-state index contributed by atoms with van der Waals surface area (Å²) in [6, 6.07) is 9.29. The Labute approximate surface area is 179 Å². The minimum absolute atomic E-state index is 0.0422. The van der Waals surface area contributed by atoms with Crippen molar-refractivity contribution >= 4 is 39.3 Å². The monoisotopic (exact) mass is 443 g/mol. The van der Waals surface area contributed by atoms with Crippen LogP contribution in [0.25, 0.3) is 0 Å². The Morgan fingerprint density at radius 2 is 1.81 bits per heavy atom. The van der Waals surface area contributed by atoms with Crippen LogP contribution >= 0.6 is 0 Å². The maximum atomic E-state index is 13.9. The number of hydrogen-bond donors (Lipinski definition) is 2. The maximum Gasteiger partial charge on any atom is 0.262 e. The number of anilines is 1. The Morgan fingerprint density at radius 3 is 2.55 bits per heavy atom. The number of amides is 1. The Hall–Kier alpha value is -3.07. The highest BCUT2D eigenvalue weighted by Crippen LogP contribution is 2.30. The van der Waals surface area contributed by atoms with Gasteiger partial charge in [-0.05, 0) is 43.2 Å². The van der Waals surface area contributed by atoms with Gasteiger partial charge in [0.05, 0.1) is 16.3 Å². The van der Waals surface area contributed by atoms with Gasteiger partial charge in [-0.2, -0.15) is 0 Å². The molecular weight excluding hydrogens is 421 g/mol. The second-order valence-corrected chi connectivity index (χ2v) is 9.41. The van der Waals surface area contributed by atoms with E-state index >= 15 is 0 Å². The van der Waals surface area contributed by atoms with Crippen molar-refractivity contribution < 1.29 is 22.4 Å². The zero-order valence-electron chi connectivity index (χ0n) is 16.7. The number of sulfonamides is 1. The van der Waals surface area contributed by atoms with Gasteiger partial charge in [-0.1, -0.05) is 31.4 Å². The van der Waals surface area contributed by atoms with E-state index in [1.54, 1.807) is 0 Å². The van der Waals surface area contributed by atoms with Gasteiger partial charge in [-0.3, -0.25) is 19.3 Å². The molecule has 1 aliphatic heterocycles. The van der Waals surface area contributed by atoms with Crippen LogP contribution in [0.15, 0.2) is 52.4 Å². The van der Waals surface area contributed by atoms with Gasteiger partial charge >= 0.3 is 0 Å². The van der Waals surface area contributed by atoms with E-state index in [0.717, 1.165) is 38.2 Å². The van der Waals surface area contributed by atoms with Gasteiger partial charge < -0.3 is 5.32 Å². The van der Waals surface area contributed by atoms with Crippen LogP contribution in [0.2, 0.25) is 0 Å². The molecule has 2 N–H and O–H groups in total. The number of nitrogens with one attached hydrogen (secondary N) is 2. The van der Waals surface area contributed by atoms with Crippen LogP contribution in [0.5, 0.6) is 0 Å². The third-order valence-electron chi connectivity index (χ3n) is 5.54. The fourth-order valence-electron chi connectivity index (χ4n) is 3.85. The number of rotatable bonds is 5. The van der Waals surface area contributed by atoms with Crippen LogP contribution in [0.4, 0.5) is 15.8 Å². The van der Waals surface area contributed by atoms with E-state index in [1.165, 1.54) is 42.6 Å². The summed E-state index contributed by atoms with van der Waals surface area (Å²) >= 11 is 0. The van der Waals surface area contributed by atoms with Crippen LogP contribution in [0.3, 0.4) is 0 Å². The van der Waals surface area contributed by atoms with E-state index in [-0.39, 0.29) is 27.9 Å². The SMILES string of the molecule is O=C(NC1CCCCC1)C1C=Nc2ccc(S(=O)(=O)Nc3ccccc3F)cc2C1=O. The molecule has 0 spiro atoms. The van der Waals surface area contributed by atoms with Crippen molar-refractivity contribution in [3.05, 3.63) is 53.8 Å². The molecule has 0 bridgehead atoms. The number of nitrogens with zero attached hydrogens (tertiary/aromatic N) is 1. The van der Waals surface area contributed by atoms with Gasteiger partial charge in [0.15, 0.2) is 5.78 Å². The molecule has 31 heavy (non-hydrogen) atoms. The molecular formula is C22H22FN3O4S. The van der Waals surface area contributed by atoms with E-state index < -0.39 is 33.4 Å². The van der Waals surface area contributed by atoms with Crippen LogP contribution in [0.1, 0.15) is 42.5 Å². The summed E-state index contributed by atoms with van der Waals surface area (Å²) in [5, 5.41) is 2.91. The molecule has 1 atom stereocenters. The van der Waals surface area contributed by atoms with Crippen molar-refractivity contribution in [3.8, 4) is 0 Å². The molecule has 7 nitrogen and oxygen atoms in total. The third-order valence-corrected chi connectivity index (χ3v) is 6.90. The van der Waals surface area contributed by atoms with Crippen LogP contribution in [-0.2, 0) is 14.8 Å². The zero-order chi connectivity index (χ0) is 22.0. The molecule has 0 radical (unpaired) electrons. The quantitative estimate of drug-likeness (QED) is 0.689. The van der Waals surface area contributed by atoms with Crippen molar-refractivity contribution in [1.29, 1.82) is 0 Å². The molecule has 1 saturated carbocycles. The normalized spacial score (nSPS) is 19.0. The van der Waals surface area contributed by atoms with Crippen molar-refractivity contribution in [1.82, 2.24) is 5.32 Å². The van der Waals surface area contributed by atoms with Crippen LogP contribution in [0, 0.1) is 11.7 Å². The number of carbonyl (C=O) groups excluding carboxylic acids is 2. The first-order valence-corrected chi connectivity index (χ1v) is 11.6. The first-order valence-electron chi connectivity index (χ1n) is 10.2. The molecule has 9 heteroatoms. The number of aliphatic imine (C=N–C) groups is 1. The summed E-state index contributed by atoms with van der Waals surface area (Å²) in [4.78, 5) is 29.6. The molecule has 1 fully saturated rings. The van der Waals surface area contributed by atoms with Crippen molar-refractivity contribution in [2.45, 2.75) is 43.0 Å². The Kier molecular flexibility index (Phi) is 5.86. The lowest BCUT2D eigenvalue weighted by molar-refractivity contribution is -0.122. The molecule has 162 valence electrons. The van der Waals surface area contributed by atoms with Gasteiger partial charge in [-0.25, -0.2) is 12.8 Å². The lowest BCUT2D eigenvalue weighted by Gasteiger charge is -2.25. The van der Waals surface area contributed by atoms with Gasteiger partial charge in [0.2, 0.25) is 5.91 Å². The number of halogens is 1. The highest BCUT2D eigenvalue weighted by molar-refractivity contribution is 7.92. The first kappa shape index (κ1) is 21.2. The lowest BCUT2D eigenvalue weighted by atomic mass is 9.91. The molecule has 2 aromatic carbocycles. The van der Waals surface area contributed by atoms with E-state index in [2.05, 4.69) is 15.0 Å². The van der Waals surface area contributed by atoms with Crippen molar-refractivity contribution in [2.75, 3.05) is 4.72 Å². The van der Waals surface area contributed by atoms with E-state index in [4.69, 9.17) is 0 Å². The minimum atomic E-state index is -4.15. The molecule has 1 unspecified atom stereocenters. The summed E-state index contributed by atoms with van der Waals surface area (Å²) < 4.78 is 41.5. The average molecular weight is 444 g/mol. The number of fused-ring (bicyclic) bond motifs is 1. The summed E-state index contributed by atoms with van der Waals surface area (Å²) in [6.45, 7) is 0. The average Bonchev–Trinajstić information content (AvgIpc) is 2.76. The molecule has 0 saturated heterocycles. The smallest absolute Gasteiger partial charge is 0.262 e. The molecule has 4 rings (SSSR count). The standard InChI is InChI=1S/C22H22FN3O4S/c23-18-8-4-5-9-20(18)26-31(29,30)15-10-11-19-16(12-15)21(27)17(13-24-19)22(28)25-14-6-2-1-3-7-14/h4-5,8-14,17,26H,1-3,6-7H2,(H,25,28). The maximum absolute atomic E-state index is 13.9. The number of Topliss-reactive ketones (excluding diaryl/α,β-unsaturated/α-hetero) is 1. The summed E-state index contributed by atoms with van der Waals surface area (Å²) in [7, 11) is -4.15. The first-order chi connectivity index (χ1) is 14.8. The van der Waals surface area contributed by atoms with Crippen molar-refractivity contribution in [3.63, 3.8) is 0 Å². The summed E-state index contributed by atoms with van der Waals surface area (Å²) in [5.41, 5.74) is 0.133. The fourth-order valence-corrected chi connectivity index (χ4v) is 4.95. The number of para-hydroxylation sites is 1. The second-order valence-electron chi connectivity index (χ2n) is 7.73.